The average molecular weight is 276 g/mol. The van der Waals surface area contributed by atoms with Gasteiger partial charge in [0.25, 0.3) is 0 Å². The van der Waals surface area contributed by atoms with E-state index in [2.05, 4.69) is 31.9 Å². The van der Waals surface area contributed by atoms with E-state index in [-0.39, 0.29) is 0 Å². The molecule has 0 rings (SSSR count). The molecule has 0 radical (unpaired) electrons. The standard InChI is InChI=1S/C4H4Br2O2S/c5-1-3-9(7,8)4-2-6/h1-4H/b3-1-,4-2-. The van der Waals surface area contributed by atoms with Gasteiger partial charge in [-0.25, -0.2) is 8.42 Å². The zero-order valence-corrected chi connectivity index (χ0v) is 8.28. The lowest BCUT2D eigenvalue weighted by atomic mass is 11.2. The van der Waals surface area contributed by atoms with E-state index in [1.165, 1.54) is 9.97 Å². The third-order valence-electron chi connectivity index (χ3n) is 0.482. The van der Waals surface area contributed by atoms with Crippen molar-refractivity contribution in [2.24, 2.45) is 0 Å². The fourth-order valence-electron chi connectivity index (χ4n) is 0.189. The molecule has 0 spiro atoms. The first kappa shape index (κ1) is 9.39. The van der Waals surface area contributed by atoms with Crippen molar-refractivity contribution in [3.05, 3.63) is 20.8 Å². The van der Waals surface area contributed by atoms with Gasteiger partial charge in [0.05, 0.1) is 0 Å². The van der Waals surface area contributed by atoms with Gasteiger partial charge in [0.1, 0.15) is 0 Å². The zero-order valence-electron chi connectivity index (χ0n) is 4.29. The molecule has 0 saturated carbocycles. The summed E-state index contributed by atoms with van der Waals surface area (Å²) >= 11 is 5.69. The molecule has 0 saturated heterocycles. The Morgan fingerprint density at radius 1 is 1.00 bits per heavy atom. The highest BCUT2D eigenvalue weighted by Gasteiger charge is 1.95. The average Bonchev–Trinajstić information content (AvgIpc) is 1.64. The molecule has 9 heavy (non-hydrogen) atoms. The van der Waals surface area contributed by atoms with Crippen LogP contribution >= 0.6 is 31.9 Å². The zero-order chi connectivity index (χ0) is 7.33. The van der Waals surface area contributed by atoms with Gasteiger partial charge in [-0.1, -0.05) is 31.9 Å². The summed E-state index contributed by atoms with van der Waals surface area (Å²) in [6.07, 6.45) is 0. The van der Waals surface area contributed by atoms with Gasteiger partial charge in [-0.15, -0.1) is 0 Å². The lowest BCUT2D eigenvalue weighted by Crippen LogP contribution is -1.84. The van der Waals surface area contributed by atoms with Crippen molar-refractivity contribution in [2.75, 3.05) is 0 Å². The van der Waals surface area contributed by atoms with Crippen molar-refractivity contribution in [1.29, 1.82) is 0 Å². The fraction of sp³-hybridized carbons (Fsp3) is 0. The van der Waals surface area contributed by atoms with Crippen LogP contribution in [0.3, 0.4) is 0 Å². The highest BCUT2D eigenvalue weighted by molar-refractivity contribution is 9.11. The minimum atomic E-state index is -3.14. The van der Waals surface area contributed by atoms with E-state index in [0.717, 1.165) is 10.8 Å². The molecule has 0 aliphatic rings. The summed E-state index contributed by atoms with van der Waals surface area (Å²) in [5, 5.41) is 2.09. The number of hydrogen-bond acceptors (Lipinski definition) is 2. The van der Waals surface area contributed by atoms with Gasteiger partial charge in [0, 0.05) is 10.8 Å². The second-order valence-electron chi connectivity index (χ2n) is 1.11. The van der Waals surface area contributed by atoms with Crippen LogP contribution in [0, 0.1) is 0 Å². The molecule has 0 aliphatic carbocycles. The van der Waals surface area contributed by atoms with Crippen LogP contribution < -0.4 is 0 Å². The molecule has 0 aromatic heterocycles. The number of hydrogen-bond donors (Lipinski definition) is 0. The summed E-state index contributed by atoms with van der Waals surface area (Å²) in [6.45, 7) is 0. The molecule has 0 fully saturated rings. The van der Waals surface area contributed by atoms with Gasteiger partial charge in [-0.2, -0.15) is 0 Å². The minimum Gasteiger partial charge on any atom is -0.220 e. The summed E-state index contributed by atoms with van der Waals surface area (Å²) < 4.78 is 21.2. The first-order chi connectivity index (χ1) is 4.12. The second kappa shape index (κ2) is 4.24. The van der Waals surface area contributed by atoms with Crippen molar-refractivity contribution in [2.45, 2.75) is 0 Å². The lowest BCUT2D eigenvalue weighted by molar-refractivity contribution is 0.612. The molecule has 0 amide bonds. The Kier molecular flexibility index (Phi) is 4.43. The van der Waals surface area contributed by atoms with Crippen LogP contribution in [0.2, 0.25) is 0 Å². The minimum absolute atomic E-state index is 1.05. The van der Waals surface area contributed by atoms with E-state index >= 15 is 0 Å². The van der Waals surface area contributed by atoms with E-state index in [0.29, 0.717) is 0 Å². The Labute approximate surface area is 70.8 Å². The van der Waals surface area contributed by atoms with E-state index in [1.54, 1.807) is 0 Å². The predicted molar refractivity (Wildman–Crippen MR) is 45.1 cm³/mol. The van der Waals surface area contributed by atoms with E-state index < -0.39 is 9.84 Å². The molecule has 0 aromatic carbocycles. The Hall–Kier alpha value is 0.390. The first-order valence-corrected chi connectivity index (χ1v) is 5.35. The number of halogens is 2. The summed E-state index contributed by atoms with van der Waals surface area (Å²) in [5.41, 5.74) is 0. The Morgan fingerprint density at radius 3 is 1.56 bits per heavy atom. The molecule has 0 atom stereocenters. The third-order valence-corrected chi connectivity index (χ3v) is 2.74. The largest absolute Gasteiger partial charge is 0.220 e. The molecule has 5 heteroatoms. The van der Waals surface area contributed by atoms with Gasteiger partial charge in [-0.3, -0.25) is 0 Å². The third kappa shape index (κ3) is 4.87. The van der Waals surface area contributed by atoms with Crippen LogP contribution in [0.4, 0.5) is 0 Å². The SMILES string of the molecule is O=S(=O)(/C=C\Br)/C=C\Br. The first-order valence-electron chi connectivity index (χ1n) is 1.91. The molecule has 0 N–H and O–H groups in total. The molecule has 52 valence electrons. The molecule has 0 aliphatic heterocycles. The smallest absolute Gasteiger partial charge is 0.194 e. The lowest BCUT2D eigenvalue weighted by Gasteiger charge is -1.81. The number of rotatable bonds is 2. The van der Waals surface area contributed by atoms with Crippen molar-refractivity contribution in [3.63, 3.8) is 0 Å². The van der Waals surface area contributed by atoms with Crippen LogP contribution in [0.5, 0.6) is 0 Å². The second-order valence-corrected chi connectivity index (χ2v) is 3.89. The van der Waals surface area contributed by atoms with E-state index in [1.807, 2.05) is 0 Å². The summed E-state index contributed by atoms with van der Waals surface area (Å²) in [7, 11) is -3.14. The van der Waals surface area contributed by atoms with Crippen molar-refractivity contribution >= 4 is 41.7 Å². The Morgan fingerprint density at radius 2 is 1.33 bits per heavy atom. The molecule has 0 heterocycles. The van der Waals surface area contributed by atoms with E-state index in [4.69, 9.17) is 0 Å². The van der Waals surface area contributed by atoms with Crippen LogP contribution in [-0.2, 0) is 9.84 Å². The maximum absolute atomic E-state index is 10.6. The molecule has 0 bridgehead atoms. The van der Waals surface area contributed by atoms with Crippen molar-refractivity contribution in [1.82, 2.24) is 0 Å². The maximum Gasteiger partial charge on any atom is 0.194 e. The van der Waals surface area contributed by atoms with Crippen LogP contribution in [0.15, 0.2) is 20.8 Å². The van der Waals surface area contributed by atoms with Crippen LogP contribution in [-0.4, -0.2) is 8.42 Å². The monoisotopic (exact) mass is 274 g/mol. The number of sulfone groups is 1. The van der Waals surface area contributed by atoms with Crippen molar-refractivity contribution < 1.29 is 8.42 Å². The molecule has 0 aromatic rings. The highest BCUT2D eigenvalue weighted by Crippen LogP contribution is 1.98. The maximum atomic E-state index is 10.6. The van der Waals surface area contributed by atoms with Gasteiger partial charge in [-0.05, 0) is 9.97 Å². The van der Waals surface area contributed by atoms with Crippen LogP contribution in [0.25, 0.3) is 0 Å². The molecule has 0 unspecified atom stereocenters. The van der Waals surface area contributed by atoms with E-state index in [9.17, 15) is 8.42 Å². The van der Waals surface area contributed by atoms with Gasteiger partial charge >= 0.3 is 0 Å². The molecular weight excluding hydrogens is 272 g/mol. The molecular formula is C4H4Br2O2S. The molecule has 2 nitrogen and oxygen atoms in total. The van der Waals surface area contributed by atoms with Crippen LogP contribution in [0.1, 0.15) is 0 Å². The van der Waals surface area contributed by atoms with Gasteiger partial charge < -0.3 is 0 Å². The van der Waals surface area contributed by atoms with Crippen molar-refractivity contribution in [3.8, 4) is 0 Å². The Bertz CT molecular complexity index is 197. The summed E-state index contributed by atoms with van der Waals surface area (Å²) in [4.78, 5) is 2.57. The predicted octanol–water partition coefficient (Wildman–Crippen LogP) is 2.13. The summed E-state index contributed by atoms with van der Waals surface area (Å²) in [6, 6.07) is 0. The normalized spacial score (nSPS) is 13.6. The van der Waals surface area contributed by atoms with Gasteiger partial charge in [0.15, 0.2) is 9.84 Å². The van der Waals surface area contributed by atoms with Gasteiger partial charge in [0.2, 0.25) is 0 Å². The quantitative estimate of drug-likeness (QED) is 0.774. The summed E-state index contributed by atoms with van der Waals surface area (Å²) in [5.74, 6) is 0. The highest BCUT2D eigenvalue weighted by atomic mass is 79.9. The fourth-order valence-corrected chi connectivity index (χ4v) is 2.37. The Balaban J connectivity index is 4.42. The topological polar surface area (TPSA) is 34.1 Å².